The van der Waals surface area contributed by atoms with Crippen molar-refractivity contribution in [2.45, 2.75) is 38.5 Å². The number of imidazole rings is 1. The molecular formula is C14H21F3N4. The molecule has 2 atom stereocenters. The number of nitrogens with zero attached hydrogens (tertiary/aromatic N) is 3. The average Bonchev–Trinajstić information content (AvgIpc) is 2.78. The molecule has 1 N–H and O–H groups in total. The van der Waals surface area contributed by atoms with E-state index in [0.29, 0.717) is 18.7 Å². The molecule has 1 fully saturated rings. The van der Waals surface area contributed by atoms with Crippen LogP contribution in [0.3, 0.4) is 0 Å². The van der Waals surface area contributed by atoms with Crippen LogP contribution in [0.4, 0.5) is 13.2 Å². The van der Waals surface area contributed by atoms with Gasteiger partial charge in [0.2, 0.25) is 5.82 Å². The highest BCUT2D eigenvalue weighted by Gasteiger charge is 2.42. The lowest BCUT2D eigenvalue weighted by Crippen LogP contribution is -2.40. The van der Waals surface area contributed by atoms with Crippen LogP contribution in [0.1, 0.15) is 36.6 Å². The zero-order valence-corrected chi connectivity index (χ0v) is 12.4. The number of hydrogen-bond donors (Lipinski definition) is 1. The number of fused-ring (bicyclic) bond motifs is 1. The number of piperidine rings is 1. The maximum absolute atomic E-state index is 13.4. The largest absolute Gasteiger partial charge is 0.449 e. The minimum atomic E-state index is -4.39. The molecule has 2 unspecified atom stereocenters. The second kappa shape index (κ2) is 5.28. The van der Waals surface area contributed by atoms with Gasteiger partial charge in [-0.1, -0.05) is 6.92 Å². The molecule has 0 saturated carbocycles. The van der Waals surface area contributed by atoms with Gasteiger partial charge in [-0.3, -0.25) is 0 Å². The SMILES string of the molecule is CC1CN(C)CCC1n1c(C(F)(F)F)nc2c1CCNC2. The van der Waals surface area contributed by atoms with Gasteiger partial charge in [-0.05, 0) is 25.9 Å². The highest BCUT2D eigenvalue weighted by atomic mass is 19.4. The van der Waals surface area contributed by atoms with Crippen molar-refractivity contribution >= 4 is 0 Å². The maximum Gasteiger partial charge on any atom is 0.449 e. The zero-order valence-electron chi connectivity index (χ0n) is 12.4. The minimum Gasteiger partial charge on any atom is -0.321 e. The lowest BCUT2D eigenvalue weighted by molar-refractivity contribution is -0.148. The van der Waals surface area contributed by atoms with Gasteiger partial charge in [-0.2, -0.15) is 13.2 Å². The van der Waals surface area contributed by atoms with Crippen molar-refractivity contribution in [3.63, 3.8) is 0 Å². The molecule has 0 aromatic carbocycles. The molecule has 118 valence electrons. The summed E-state index contributed by atoms with van der Waals surface area (Å²) in [5, 5.41) is 3.10. The second-order valence-corrected chi connectivity index (χ2v) is 6.22. The first-order valence-electron chi connectivity index (χ1n) is 7.44. The van der Waals surface area contributed by atoms with Crippen LogP contribution < -0.4 is 5.32 Å². The summed E-state index contributed by atoms with van der Waals surface area (Å²) in [6.45, 7) is 4.85. The van der Waals surface area contributed by atoms with Gasteiger partial charge in [0.05, 0.1) is 5.69 Å². The van der Waals surface area contributed by atoms with Gasteiger partial charge in [0, 0.05) is 37.8 Å². The molecule has 7 heteroatoms. The summed E-state index contributed by atoms with van der Waals surface area (Å²) < 4.78 is 41.6. The third-order valence-electron chi connectivity index (χ3n) is 4.57. The Labute approximate surface area is 122 Å². The van der Waals surface area contributed by atoms with Crippen molar-refractivity contribution < 1.29 is 13.2 Å². The van der Waals surface area contributed by atoms with Gasteiger partial charge in [0.15, 0.2) is 0 Å². The Balaban J connectivity index is 2.05. The fraction of sp³-hybridized carbons (Fsp3) is 0.786. The highest BCUT2D eigenvalue weighted by Crippen LogP contribution is 2.38. The molecule has 0 aliphatic carbocycles. The Morgan fingerprint density at radius 1 is 1.33 bits per heavy atom. The summed E-state index contributed by atoms with van der Waals surface area (Å²) in [5.41, 5.74) is 1.35. The van der Waals surface area contributed by atoms with Crippen molar-refractivity contribution in [1.29, 1.82) is 0 Å². The lowest BCUT2D eigenvalue weighted by atomic mass is 9.93. The number of halogens is 3. The molecule has 21 heavy (non-hydrogen) atoms. The molecule has 3 heterocycles. The summed E-state index contributed by atoms with van der Waals surface area (Å²) in [6.07, 6.45) is -3.02. The summed E-state index contributed by atoms with van der Waals surface area (Å²) >= 11 is 0. The van der Waals surface area contributed by atoms with Crippen LogP contribution in [0.2, 0.25) is 0 Å². The van der Waals surface area contributed by atoms with E-state index < -0.39 is 12.0 Å². The normalized spacial score (nSPS) is 27.7. The van der Waals surface area contributed by atoms with Crippen LogP contribution in [0, 0.1) is 5.92 Å². The number of likely N-dealkylation sites (tertiary alicyclic amines) is 1. The molecule has 1 aromatic rings. The monoisotopic (exact) mass is 302 g/mol. The van der Waals surface area contributed by atoms with E-state index in [4.69, 9.17) is 0 Å². The van der Waals surface area contributed by atoms with Crippen molar-refractivity contribution in [3.8, 4) is 0 Å². The van der Waals surface area contributed by atoms with E-state index in [2.05, 4.69) is 15.2 Å². The second-order valence-electron chi connectivity index (χ2n) is 6.22. The average molecular weight is 302 g/mol. The number of alkyl halides is 3. The van der Waals surface area contributed by atoms with E-state index in [1.54, 1.807) is 0 Å². The molecule has 0 bridgehead atoms. The van der Waals surface area contributed by atoms with Gasteiger partial charge < -0.3 is 14.8 Å². The van der Waals surface area contributed by atoms with Crippen LogP contribution in [0.15, 0.2) is 0 Å². The Bertz CT molecular complexity index is 523. The van der Waals surface area contributed by atoms with Crippen molar-refractivity contribution in [1.82, 2.24) is 19.8 Å². The molecule has 3 rings (SSSR count). The van der Waals surface area contributed by atoms with Gasteiger partial charge in [0.25, 0.3) is 0 Å². The smallest absolute Gasteiger partial charge is 0.321 e. The first-order chi connectivity index (χ1) is 9.88. The Hall–Kier alpha value is -1.08. The predicted octanol–water partition coefficient (Wildman–Crippen LogP) is 2.06. The molecular weight excluding hydrogens is 281 g/mol. The van der Waals surface area contributed by atoms with Gasteiger partial charge >= 0.3 is 6.18 Å². The molecule has 0 amide bonds. The van der Waals surface area contributed by atoms with Crippen LogP contribution in [-0.4, -0.2) is 41.1 Å². The van der Waals surface area contributed by atoms with E-state index >= 15 is 0 Å². The number of nitrogens with one attached hydrogen (secondary N) is 1. The number of aromatic nitrogens is 2. The van der Waals surface area contributed by atoms with Crippen LogP contribution in [0.5, 0.6) is 0 Å². The first-order valence-corrected chi connectivity index (χ1v) is 7.44. The topological polar surface area (TPSA) is 33.1 Å². The third-order valence-corrected chi connectivity index (χ3v) is 4.57. The third kappa shape index (κ3) is 2.68. The van der Waals surface area contributed by atoms with E-state index in [1.807, 2.05) is 14.0 Å². The lowest BCUT2D eigenvalue weighted by Gasteiger charge is -2.37. The zero-order chi connectivity index (χ0) is 15.2. The fourth-order valence-corrected chi connectivity index (χ4v) is 3.62. The Morgan fingerprint density at radius 3 is 2.76 bits per heavy atom. The van der Waals surface area contributed by atoms with E-state index in [0.717, 1.165) is 31.7 Å². The van der Waals surface area contributed by atoms with E-state index in [9.17, 15) is 13.2 Å². The minimum absolute atomic E-state index is 0.104. The summed E-state index contributed by atoms with van der Waals surface area (Å²) in [4.78, 5) is 6.09. The Kier molecular flexibility index (Phi) is 3.73. The first kappa shape index (κ1) is 14.8. The quantitative estimate of drug-likeness (QED) is 0.862. The van der Waals surface area contributed by atoms with Crippen molar-refractivity contribution in [2.75, 3.05) is 26.7 Å². The van der Waals surface area contributed by atoms with Gasteiger partial charge in [-0.25, -0.2) is 4.98 Å². The molecule has 0 radical (unpaired) electrons. The summed E-state index contributed by atoms with van der Waals surface area (Å²) in [5.74, 6) is -0.518. The molecule has 2 aliphatic heterocycles. The van der Waals surface area contributed by atoms with Gasteiger partial charge in [0.1, 0.15) is 0 Å². The summed E-state index contributed by atoms with van der Waals surface area (Å²) in [7, 11) is 2.02. The van der Waals surface area contributed by atoms with Crippen LogP contribution in [0.25, 0.3) is 0 Å². The van der Waals surface area contributed by atoms with E-state index in [1.165, 1.54) is 4.57 Å². The number of hydrogen-bond acceptors (Lipinski definition) is 3. The van der Waals surface area contributed by atoms with Crippen molar-refractivity contribution in [3.05, 3.63) is 17.2 Å². The Morgan fingerprint density at radius 2 is 2.10 bits per heavy atom. The van der Waals surface area contributed by atoms with E-state index in [-0.39, 0.29) is 12.0 Å². The molecule has 0 spiro atoms. The van der Waals surface area contributed by atoms with Crippen LogP contribution >= 0.6 is 0 Å². The van der Waals surface area contributed by atoms with Crippen molar-refractivity contribution in [2.24, 2.45) is 5.92 Å². The van der Waals surface area contributed by atoms with Crippen LogP contribution in [-0.2, 0) is 19.1 Å². The molecule has 2 aliphatic rings. The molecule has 4 nitrogen and oxygen atoms in total. The molecule has 1 saturated heterocycles. The molecule has 1 aromatic heterocycles. The fourth-order valence-electron chi connectivity index (χ4n) is 3.62. The predicted molar refractivity (Wildman–Crippen MR) is 73.0 cm³/mol. The maximum atomic E-state index is 13.4. The number of rotatable bonds is 1. The van der Waals surface area contributed by atoms with Gasteiger partial charge in [-0.15, -0.1) is 0 Å². The highest BCUT2D eigenvalue weighted by molar-refractivity contribution is 5.23. The standard InChI is InChI=1S/C14H21F3N4/c1-9-8-20(2)6-4-11(9)21-12-3-5-18-7-10(12)19-13(21)14(15,16)17/h9,11,18H,3-8H2,1-2H3. The summed E-state index contributed by atoms with van der Waals surface area (Å²) in [6, 6.07) is -0.104.